The van der Waals surface area contributed by atoms with Crippen LogP contribution in [0.1, 0.15) is 15.9 Å². The number of benzene rings is 2. The first-order chi connectivity index (χ1) is 13.7. The zero-order valence-corrected chi connectivity index (χ0v) is 15.2. The van der Waals surface area contributed by atoms with E-state index in [1.54, 1.807) is 0 Å². The molecular weight excluding hydrogens is 388 g/mol. The topological polar surface area (TPSA) is 166 Å². The minimum Gasteiger partial charge on any atom is -0.508 e. The van der Waals surface area contributed by atoms with Crippen molar-refractivity contribution in [3.8, 4) is 28.7 Å². The van der Waals surface area contributed by atoms with Gasteiger partial charge in [0.05, 0.1) is 13.7 Å². The molecule has 1 fully saturated rings. The van der Waals surface area contributed by atoms with Gasteiger partial charge in [-0.2, -0.15) is 0 Å². The summed E-state index contributed by atoms with van der Waals surface area (Å²) in [4.78, 5) is 12.9. The van der Waals surface area contributed by atoms with E-state index in [0.717, 1.165) is 24.3 Å². The third kappa shape index (κ3) is 4.05. The third-order valence-electron chi connectivity index (χ3n) is 4.42. The van der Waals surface area contributed by atoms with Crippen molar-refractivity contribution >= 4 is 5.78 Å². The van der Waals surface area contributed by atoms with Crippen molar-refractivity contribution in [2.75, 3.05) is 13.7 Å². The van der Waals surface area contributed by atoms with Crippen molar-refractivity contribution < 1.29 is 49.6 Å². The molecular formula is C19H20O10. The van der Waals surface area contributed by atoms with E-state index >= 15 is 0 Å². The summed E-state index contributed by atoms with van der Waals surface area (Å²) in [5, 5.41) is 58.8. The molecule has 0 bridgehead atoms. The molecule has 29 heavy (non-hydrogen) atoms. The predicted octanol–water partition coefficient (Wildman–Crippen LogP) is -0.139. The van der Waals surface area contributed by atoms with Gasteiger partial charge in [-0.25, -0.2) is 0 Å². The highest BCUT2D eigenvalue weighted by molar-refractivity contribution is 6.13. The van der Waals surface area contributed by atoms with E-state index in [-0.39, 0.29) is 34.1 Å². The van der Waals surface area contributed by atoms with E-state index in [9.17, 15) is 35.4 Å². The molecule has 2 aromatic carbocycles. The molecule has 1 unspecified atom stereocenters. The molecule has 10 nitrogen and oxygen atoms in total. The first-order valence-corrected chi connectivity index (χ1v) is 8.53. The SMILES string of the molecule is COc1cc(O)c(C(=O)c2cc(O)cc(O)c2)c(OC2O[C@H](CO)[C@@H](O)[C@@H]2O)c1. The van der Waals surface area contributed by atoms with Crippen molar-refractivity contribution in [1.82, 2.24) is 0 Å². The second-order valence-electron chi connectivity index (χ2n) is 6.41. The van der Waals surface area contributed by atoms with Crippen molar-refractivity contribution in [2.45, 2.75) is 24.6 Å². The van der Waals surface area contributed by atoms with Crippen LogP contribution in [0.3, 0.4) is 0 Å². The summed E-state index contributed by atoms with van der Waals surface area (Å²) in [6, 6.07) is 5.61. The number of aliphatic hydroxyl groups excluding tert-OH is 3. The van der Waals surface area contributed by atoms with Gasteiger partial charge in [0.25, 0.3) is 0 Å². The van der Waals surface area contributed by atoms with Crippen molar-refractivity contribution in [2.24, 2.45) is 0 Å². The summed E-state index contributed by atoms with van der Waals surface area (Å²) >= 11 is 0. The maximum absolute atomic E-state index is 12.9. The van der Waals surface area contributed by atoms with E-state index in [2.05, 4.69) is 0 Å². The number of hydrogen-bond donors (Lipinski definition) is 6. The summed E-state index contributed by atoms with van der Waals surface area (Å²) in [5.41, 5.74) is -0.498. The van der Waals surface area contributed by atoms with Crippen LogP contribution in [-0.4, -0.2) is 74.7 Å². The molecule has 0 radical (unpaired) electrons. The van der Waals surface area contributed by atoms with Crippen molar-refractivity contribution in [3.63, 3.8) is 0 Å². The standard InChI is InChI=1S/C19H20O10/c1-27-11-5-12(23)15(16(24)8-2-9(21)4-10(22)3-8)13(6-11)28-19-18(26)17(25)14(7-20)29-19/h2-6,14,17-23,25-26H,7H2,1H3/t14-,17-,18+,19?/m1/s1. The van der Waals surface area contributed by atoms with Gasteiger partial charge in [-0.3, -0.25) is 4.79 Å². The Labute approximate surface area is 164 Å². The number of ether oxygens (including phenoxy) is 3. The van der Waals surface area contributed by atoms with E-state index < -0.39 is 42.7 Å². The van der Waals surface area contributed by atoms with Gasteiger partial charge < -0.3 is 44.8 Å². The molecule has 1 aliphatic heterocycles. The fourth-order valence-electron chi connectivity index (χ4n) is 2.97. The Hall–Kier alpha value is -3.05. The number of carbonyl (C=O) groups is 1. The molecule has 3 rings (SSSR count). The molecule has 6 N–H and O–H groups in total. The second kappa shape index (κ2) is 8.13. The van der Waals surface area contributed by atoms with Crippen LogP contribution in [0.2, 0.25) is 0 Å². The number of carbonyl (C=O) groups excluding carboxylic acids is 1. The zero-order valence-electron chi connectivity index (χ0n) is 15.2. The van der Waals surface area contributed by atoms with Crippen LogP contribution in [-0.2, 0) is 4.74 Å². The first kappa shape index (κ1) is 20.7. The summed E-state index contributed by atoms with van der Waals surface area (Å²) in [6.07, 6.45) is -5.51. The number of aliphatic hydroxyl groups is 3. The summed E-state index contributed by atoms with van der Waals surface area (Å²) in [6.45, 7) is -0.574. The summed E-state index contributed by atoms with van der Waals surface area (Å²) < 4.78 is 15.8. The lowest BCUT2D eigenvalue weighted by molar-refractivity contribution is -0.116. The molecule has 10 heteroatoms. The minimum atomic E-state index is -1.53. The maximum atomic E-state index is 12.9. The Morgan fingerprint density at radius 2 is 1.69 bits per heavy atom. The van der Waals surface area contributed by atoms with Gasteiger partial charge in [0.15, 0.2) is 0 Å². The molecule has 0 spiro atoms. The van der Waals surface area contributed by atoms with Crippen LogP contribution in [0.25, 0.3) is 0 Å². The van der Waals surface area contributed by atoms with Crippen LogP contribution >= 0.6 is 0 Å². The fourth-order valence-corrected chi connectivity index (χ4v) is 2.97. The van der Waals surface area contributed by atoms with Gasteiger partial charge in [0.1, 0.15) is 52.6 Å². The first-order valence-electron chi connectivity index (χ1n) is 8.53. The Morgan fingerprint density at radius 3 is 2.24 bits per heavy atom. The molecule has 0 saturated carbocycles. The lowest BCUT2D eigenvalue weighted by Gasteiger charge is -2.20. The lowest BCUT2D eigenvalue weighted by atomic mass is 10.0. The Morgan fingerprint density at radius 1 is 1.03 bits per heavy atom. The minimum absolute atomic E-state index is 0.125. The number of hydrogen-bond acceptors (Lipinski definition) is 10. The molecule has 1 heterocycles. The van der Waals surface area contributed by atoms with E-state index in [0.29, 0.717) is 0 Å². The average Bonchev–Trinajstić information content (AvgIpc) is 2.94. The molecule has 0 amide bonds. The van der Waals surface area contributed by atoms with Crippen molar-refractivity contribution in [3.05, 3.63) is 41.5 Å². The van der Waals surface area contributed by atoms with Gasteiger partial charge in [-0.1, -0.05) is 0 Å². The largest absolute Gasteiger partial charge is 0.508 e. The van der Waals surface area contributed by atoms with Crippen LogP contribution in [0.4, 0.5) is 0 Å². The van der Waals surface area contributed by atoms with E-state index in [1.807, 2.05) is 0 Å². The highest BCUT2D eigenvalue weighted by atomic mass is 16.7. The number of methoxy groups -OCH3 is 1. The number of phenolic OH excluding ortho intramolecular Hbond substituents is 3. The normalized spacial score (nSPS) is 23.7. The predicted molar refractivity (Wildman–Crippen MR) is 96.3 cm³/mol. The monoisotopic (exact) mass is 408 g/mol. The quantitative estimate of drug-likeness (QED) is 0.354. The highest BCUT2D eigenvalue weighted by Crippen LogP contribution is 2.38. The molecule has 0 aliphatic carbocycles. The summed E-state index contributed by atoms with van der Waals surface area (Å²) in [5.74, 6) is -2.19. The Balaban J connectivity index is 2.02. The third-order valence-corrected chi connectivity index (χ3v) is 4.42. The maximum Gasteiger partial charge on any atom is 0.229 e. The molecule has 156 valence electrons. The van der Waals surface area contributed by atoms with Crippen LogP contribution < -0.4 is 9.47 Å². The number of rotatable bonds is 6. The molecule has 1 saturated heterocycles. The Bertz CT molecular complexity index is 892. The average molecular weight is 408 g/mol. The van der Waals surface area contributed by atoms with Crippen molar-refractivity contribution in [1.29, 1.82) is 0 Å². The molecule has 2 aromatic rings. The van der Waals surface area contributed by atoms with Gasteiger partial charge in [-0.05, 0) is 12.1 Å². The smallest absolute Gasteiger partial charge is 0.229 e. The molecule has 0 aromatic heterocycles. The Kier molecular flexibility index (Phi) is 5.80. The lowest BCUT2D eigenvalue weighted by Crippen LogP contribution is -2.35. The highest BCUT2D eigenvalue weighted by Gasteiger charge is 2.44. The fraction of sp³-hybridized carbons (Fsp3) is 0.316. The number of ketones is 1. The van der Waals surface area contributed by atoms with Gasteiger partial charge in [0.2, 0.25) is 12.1 Å². The summed E-state index contributed by atoms with van der Waals surface area (Å²) in [7, 11) is 1.32. The second-order valence-corrected chi connectivity index (χ2v) is 6.41. The van der Waals surface area contributed by atoms with Gasteiger partial charge in [-0.15, -0.1) is 0 Å². The van der Waals surface area contributed by atoms with Crippen LogP contribution in [0, 0.1) is 0 Å². The van der Waals surface area contributed by atoms with Crippen LogP contribution in [0.5, 0.6) is 28.7 Å². The molecule has 4 atom stereocenters. The number of aromatic hydroxyl groups is 3. The number of phenols is 3. The van der Waals surface area contributed by atoms with E-state index in [1.165, 1.54) is 13.2 Å². The van der Waals surface area contributed by atoms with Crippen LogP contribution in [0.15, 0.2) is 30.3 Å². The van der Waals surface area contributed by atoms with Gasteiger partial charge in [0, 0.05) is 23.8 Å². The van der Waals surface area contributed by atoms with Gasteiger partial charge >= 0.3 is 0 Å². The van der Waals surface area contributed by atoms with E-state index in [4.69, 9.17) is 14.2 Å². The molecule has 1 aliphatic rings. The zero-order chi connectivity index (χ0) is 21.3.